The lowest BCUT2D eigenvalue weighted by atomic mass is 9.87. The molecule has 0 unspecified atom stereocenters. The minimum atomic E-state index is -0.996. The number of anilines is 1. The molecule has 1 N–H and O–H groups in total. The van der Waals surface area contributed by atoms with Crippen LogP contribution < -0.4 is 5.32 Å². The van der Waals surface area contributed by atoms with E-state index in [0.717, 1.165) is 17.7 Å². The van der Waals surface area contributed by atoms with Gasteiger partial charge in [-0.25, -0.2) is 8.78 Å². The van der Waals surface area contributed by atoms with Crippen LogP contribution in [0.15, 0.2) is 48.5 Å². The van der Waals surface area contributed by atoms with Crippen molar-refractivity contribution >= 4 is 17.7 Å². The SMILES string of the molecule is CC(C)(C)c1ccc(/C=C\C(=O)Nc2ccc(F)c(F)c2)cc1. The molecule has 2 nitrogen and oxygen atoms in total. The number of hydrogen-bond acceptors (Lipinski definition) is 1. The van der Waals surface area contributed by atoms with Crippen molar-refractivity contribution in [3.63, 3.8) is 0 Å². The van der Waals surface area contributed by atoms with Crippen LogP contribution in [0.5, 0.6) is 0 Å². The summed E-state index contributed by atoms with van der Waals surface area (Å²) in [5, 5.41) is 2.48. The molecular weight excluding hydrogens is 296 g/mol. The molecule has 0 aromatic heterocycles. The second-order valence-corrected chi connectivity index (χ2v) is 6.32. The molecule has 0 aliphatic rings. The molecule has 2 aromatic carbocycles. The van der Waals surface area contributed by atoms with Crippen LogP contribution >= 0.6 is 0 Å². The summed E-state index contributed by atoms with van der Waals surface area (Å²) in [6.45, 7) is 6.40. The van der Waals surface area contributed by atoms with Crippen LogP contribution in [0.3, 0.4) is 0 Å². The highest BCUT2D eigenvalue weighted by Crippen LogP contribution is 2.22. The van der Waals surface area contributed by atoms with Crippen molar-refractivity contribution in [2.24, 2.45) is 0 Å². The Morgan fingerprint density at radius 1 is 1.00 bits per heavy atom. The first-order valence-corrected chi connectivity index (χ1v) is 7.30. The van der Waals surface area contributed by atoms with E-state index < -0.39 is 17.5 Å². The highest BCUT2D eigenvalue weighted by Gasteiger charge is 2.12. The Bertz CT molecular complexity index is 728. The number of carbonyl (C=O) groups excluding carboxylic acids is 1. The van der Waals surface area contributed by atoms with Crippen molar-refractivity contribution < 1.29 is 13.6 Å². The quantitative estimate of drug-likeness (QED) is 0.801. The number of rotatable bonds is 3. The van der Waals surface area contributed by atoms with E-state index in [-0.39, 0.29) is 11.1 Å². The number of hydrogen-bond donors (Lipinski definition) is 1. The Labute approximate surface area is 134 Å². The zero-order valence-electron chi connectivity index (χ0n) is 13.4. The van der Waals surface area contributed by atoms with E-state index in [1.807, 2.05) is 24.3 Å². The van der Waals surface area contributed by atoms with Gasteiger partial charge in [-0.1, -0.05) is 45.0 Å². The molecule has 120 valence electrons. The summed E-state index contributed by atoms with van der Waals surface area (Å²) in [6, 6.07) is 11.1. The monoisotopic (exact) mass is 315 g/mol. The first kappa shape index (κ1) is 16.9. The zero-order valence-corrected chi connectivity index (χ0v) is 13.4. The number of benzene rings is 2. The molecular formula is C19H19F2NO. The van der Waals surface area contributed by atoms with Gasteiger partial charge in [0.15, 0.2) is 11.6 Å². The van der Waals surface area contributed by atoms with Crippen LogP contribution in [0.25, 0.3) is 6.08 Å². The van der Waals surface area contributed by atoms with Gasteiger partial charge in [-0.15, -0.1) is 0 Å². The second-order valence-electron chi connectivity index (χ2n) is 6.32. The van der Waals surface area contributed by atoms with Crippen LogP contribution in [0, 0.1) is 11.6 Å². The topological polar surface area (TPSA) is 29.1 Å². The van der Waals surface area contributed by atoms with Gasteiger partial charge >= 0.3 is 0 Å². The second kappa shape index (κ2) is 6.73. The highest BCUT2D eigenvalue weighted by atomic mass is 19.2. The molecule has 2 rings (SSSR count). The lowest BCUT2D eigenvalue weighted by Crippen LogP contribution is -2.10. The Morgan fingerprint density at radius 2 is 1.65 bits per heavy atom. The maximum absolute atomic E-state index is 13.1. The van der Waals surface area contributed by atoms with Crippen LogP contribution in [-0.2, 0) is 10.2 Å². The smallest absolute Gasteiger partial charge is 0.248 e. The van der Waals surface area contributed by atoms with E-state index >= 15 is 0 Å². The number of nitrogens with one attached hydrogen (secondary N) is 1. The summed E-state index contributed by atoms with van der Waals surface area (Å²) in [5.41, 5.74) is 2.38. The average Bonchev–Trinajstić information content (AvgIpc) is 2.48. The molecule has 0 saturated heterocycles. The van der Waals surface area contributed by atoms with Crippen molar-refractivity contribution in [3.05, 3.63) is 71.3 Å². The molecule has 0 atom stereocenters. The zero-order chi connectivity index (χ0) is 17.0. The van der Waals surface area contributed by atoms with Gasteiger partial charge < -0.3 is 5.32 Å². The third kappa shape index (κ3) is 4.74. The number of carbonyl (C=O) groups is 1. The Kier molecular flexibility index (Phi) is 4.94. The molecule has 1 amide bonds. The predicted molar refractivity (Wildman–Crippen MR) is 89.2 cm³/mol. The molecule has 4 heteroatoms. The van der Waals surface area contributed by atoms with Gasteiger partial charge in [-0.3, -0.25) is 4.79 Å². The fraction of sp³-hybridized carbons (Fsp3) is 0.211. The fourth-order valence-corrected chi connectivity index (χ4v) is 2.02. The standard InChI is InChI=1S/C19H19F2NO/c1-19(2,3)14-7-4-13(5-8-14)6-11-18(23)22-15-9-10-16(20)17(21)12-15/h4-12H,1-3H3,(H,22,23)/b11-6-. The minimum absolute atomic E-state index is 0.0757. The van der Waals surface area contributed by atoms with Crippen molar-refractivity contribution in [2.45, 2.75) is 26.2 Å². The van der Waals surface area contributed by atoms with E-state index in [1.54, 1.807) is 6.08 Å². The average molecular weight is 315 g/mol. The first-order chi connectivity index (χ1) is 10.8. The molecule has 0 fully saturated rings. The Hall–Kier alpha value is -2.49. The van der Waals surface area contributed by atoms with Crippen LogP contribution in [0.2, 0.25) is 0 Å². The van der Waals surface area contributed by atoms with Crippen LogP contribution in [0.1, 0.15) is 31.9 Å². The molecule has 0 bridgehead atoms. The lowest BCUT2D eigenvalue weighted by Gasteiger charge is -2.18. The highest BCUT2D eigenvalue weighted by molar-refractivity contribution is 6.01. The molecule has 23 heavy (non-hydrogen) atoms. The molecule has 0 radical (unpaired) electrons. The van der Waals surface area contributed by atoms with Gasteiger partial charge in [0.25, 0.3) is 0 Å². The van der Waals surface area contributed by atoms with Gasteiger partial charge in [-0.05, 0) is 34.8 Å². The van der Waals surface area contributed by atoms with Gasteiger partial charge in [0.1, 0.15) is 0 Å². The largest absolute Gasteiger partial charge is 0.322 e. The summed E-state index contributed by atoms with van der Waals surface area (Å²) < 4.78 is 25.9. The number of amides is 1. The minimum Gasteiger partial charge on any atom is -0.322 e. The van der Waals surface area contributed by atoms with E-state index in [0.29, 0.717) is 0 Å². The summed E-state index contributed by atoms with van der Waals surface area (Å²) in [6.07, 6.45) is 3.02. The van der Waals surface area contributed by atoms with E-state index in [4.69, 9.17) is 0 Å². The van der Waals surface area contributed by atoms with Crippen molar-refractivity contribution in [3.8, 4) is 0 Å². The van der Waals surface area contributed by atoms with Gasteiger partial charge in [0, 0.05) is 17.8 Å². The van der Waals surface area contributed by atoms with E-state index in [9.17, 15) is 13.6 Å². The first-order valence-electron chi connectivity index (χ1n) is 7.30. The van der Waals surface area contributed by atoms with Crippen molar-refractivity contribution in [1.82, 2.24) is 0 Å². The third-order valence-electron chi connectivity index (χ3n) is 3.39. The molecule has 0 aliphatic heterocycles. The fourth-order valence-electron chi connectivity index (χ4n) is 2.02. The van der Waals surface area contributed by atoms with Gasteiger partial charge in [0.05, 0.1) is 0 Å². The molecule has 0 aliphatic carbocycles. The van der Waals surface area contributed by atoms with Crippen molar-refractivity contribution in [1.29, 1.82) is 0 Å². The maximum atomic E-state index is 13.1. The normalized spacial score (nSPS) is 11.7. The Morgan fingerprint density at radius 3 is 2.22 bits per heavy atom. The predicted octanol–water partition coefficient (Wildman–Crippen LogP) is 4.91. The molecule has 2 aromatic rings. The van der Waals surface area contributed by atoms with E-state index in [2.05, 4.69) is 26.1 Å². The van der Waals surface area contributed by atoms with Crippen LogP contribution in [0.4, 0.5) is 14.5 Å². The van der Waals surface area contributed by atoms with Gasteiger partial charge in [0.2, 0.25) is 5.91 Å². The molecule has 0 spiro atoms. The summed E-state index contributed by atoms with van der Waals surface area (Å²) >= 11 is 0. The summed E-state index contributed by atoms with van der Waals surface area (Å²) in [4.78, 5) is 11.8. The van der Waals surface area contributed by atoms with E-state index in [1.165, 1.54) is 17.7 Å². The molecule has 0 saturated carbocycles. The maximum Gasteiger partial charge on any atom is 0.248 e. The number of halogens is 2. The molecule has 0 heterocycles. The summed E-state index contributed by atoms with van der Waals surface area (Å²) in [7, 11) is 0. The lowest BCUT2D eigenvalue weighted by molar-refractivity contribution is -0.111. The summed E-state index contributed by atoms with van der Waals surface area (Å²) in [5.74, 6) is -2.35. The van der Waals surface area contributed by atoms with Crippen molar-refractivity contribution in [2.75, 3.05) is 5.32 Å². The van der Waals surface area contributed by atoms with Gasteiger partial charge in [-0.2, -0.15) is 0 Å². The Balaban J connectivity index is 2.02. The third-order valence-corrected chi connectivity index (χ3v) is 3.39. The van der Waals surface area contributed by atoms with Crippen LogP contribution in [-0.4, -0.2) is 5.91 Å².